The summed E-state index contributed by atoms with van der Waals surface area (Å²) >= 11 is 5.15. The van der Waals surface area contributed by atoms with Crippen LogP contribution in [-0.4, -0.2) is 29.5 Å². The summed E-state index contributed by atoms with van der Waals surface area (Å²) in [5.41, 5.74) is 6.55. The highest BCUT2D eigenvalue weighted by Gasteiger charge is 2.35. The van der Waals surface area contributed by atoms with Crippen LogP contribution in [0.25, 0.3) is 0 Å². The lowest BCUT2D eigenvalue weighted by molar-refractivity contribution is 0.0662. The van der Waals surface area contributed by atoms with Gasteiger partial charge in [-0.15, -0.1) is 0 Å². The van der Waals surface area contributed by atoms with E-state index in [1.54, 1.807) is 0 Å². The Balaban J connectivity index is 1.68. The van der Waals surface area contributed by atoms with E-state index in [0.717, 1.165) is 11.8 Å². The van der Waals surface area contributed by atoms with E-state index in [1.165, 1.54) is 71.0 Å². The van der Waals surface area contributed by atoms with Crippen molar-refractivity contribution in [3.05, 3.63) is 0 Å². The Hall–Kier alpha value is -0.150. The molecule has 0 bridgehead atoms. The Morgan fingerprint density at radius 1 is 1.10 bits per heavy atom. The fourth-order valence-electron chi connectivity index (χ4n) is 3.92. The maximum Gasteiger partial charge on any atom is 0.0784 e. The zero-order chi connectivity index (χ0) is 14.6. The Morgan fingerprint density at radius 3 is 2.25 bits per heavy atom. The van der Waals surface area contributed by atoms with Gasteiger partial charge in [0.2, 0.25) is 0 Å². The van der Waals surface area contributed by atoms with Gasteiger partial charge in [0.1, 0.15) is 0 Å². The molecule has 2 fully saturated rings. The summed E-state index contributed by atoms with van der Waals surface area (Å²) in [5, 5.41) is 0. The molecule has 0 aromatic heterocycles. The van der Waals surface area contributed by atoms with Crippen molar-refractivity contribution in [1.29, 1.82) is 0 Å². The minimum Gasteiger partial charge on any atom is -0.393 e. The number of nitrogens with zero attached hydrogens (tertiary/aromatic N) is 1. The molecule has 0 amide bonds. The van der Waals surface area contributed by atoms with Crippen molar-refractivity contribution >= 4 is 17.2 Å². The van der Waals surface area contributed by atoms with Gasteiger partial charge in [-0.3, -0.25) is 0 Å². The zero-order valence-electron chi connectivity index (χ0n) is 13.4. The van der Waals surface area contributed by atoms with Crippen LogP contribution in [0.2, 0.25) is 0 Å². The molecule has 1 spiro atoms. The standard InChI is InChI=1S/C17H32N2S/c1-16(2,15(18)20)7-6-12-19-13-10-17(11-14-19)8-4-3-5-9-17/h3-14H2,1-2H3,(H2,18,20). The second-order valence-electron chi connectivity index (χ2n) is 7.75. The monoisotopic (exact) mass is 296 g/mol. The van der Waals surface area contributed by atoms with E-state index in [0.29, 0.717) is 4.99 Å². The van der Waals surface area contributed by atoms with E-state index in [-0.39, 0.29) is 5.41 Å². The van der Waals surface area contributed by atoms with Crippen molar-refractivity contribution in [1.82, 2.24) is 4.90 Å². The topological polar surface area (TPSA) is 29.3 Å². The lowest BCUT2D eigenvalue weighted by atomic mass is 9.68. The number of likely N-dealkylation sites (tertiary alicyclic amines) is 1. The second kappa shape index (κ2) is 6.74. The smallest absolute Gasteiger partial charge is 0.0784 e. The SMILES string of the molecule is CC(C)(CCCN1CCC2(CCCCC2)CC1)C(N)=S. The van der Waals surface area contributed by atoms with E-state index < -0.39 is 0 Å². The minimum absolute atomic E-state index is 0.0235. The Morgan fingerprint density at radius 2 is 1.70 bits per heavy atom. The highest BCUT2D eigenvalue weighted by atomic mass is 32.1. The highest BCUT2D eigenvalue weighted by Crippen LogP contribution is 2.44. The van der Waals surface area contributed by atoms with E-state index in [4.69, 9.17) is 18.0 Å². The number of nitrogens with two attached hydrogens (primary N) is 1. The third-order valence-corrected chi connectivity index (χ3v) is 6.33. The molecule has 0 unspecified atom stereocenters. The Kier molecular flexibility index (Phi) is 5.47. The van der Waals surface area contributed by atoms with Gasteiger partial charge in [0.15, 0.2) is 0 Å². The van der Waals surface area contributed by atoms with Crippen molar-refractivity contribution < 1.29 is 0 Å². The molecule has 2 rings (SSSR count). The maximum absolute atomic E-state index is 5.80. The van der Waals surface area contributed by atoms with Crippen molar-refractivity contribution in [3.8, 4) is 0 Å². The summed E-state index contributed by atoms with van der Waals surface area (Å²) < 4.78 is 0. The summed E-state index contributed by atoms with van der Waals surface area (Å²) in [5.74, 6) is 0. The lowest BCUT2D eigenvalue weighted by Crippen LogP contribution is -2.41. The average molecular weight is 297 g/mol. The average Bonchev–Trinajstić information content (AvgIpc) is 2.42. The molecular weight excluding hydrogens is 264 g/mol. The van der Waals surface area contributed by atoms with Crippen LogP contribution in [0.3, 0.4) is 0 Å². The lowest BCUT2D eigenvalue weighted by Gasteiger charge is -2.44. The van der Waals surface area contributed by atoms with Crippen LogP contribution < -0.4 is 5.73 Å². The maximum atomic E-state index is 5.80. The van der Waals surface area contributed by atoms with Gasteiger partial charge in [-0.1, -0.05) is 45.3 Å². The second-order valence-corrected chi connectivity index (χ2v) is 8.19. The third kappa shape index (κ3) is 4.17. The van der Waals surface area contributed by atoms with Gasteiger partial charge in [-0.25, -0.2) is 0 Å². The van der Waals surface area contributed by atoms with Crippen LogP contribution in [-0.2, 0) is 0 Å². The normalized spacial score (nSPS) is 23.9. The molecule has 0 atom stereocenters. The molecule has 1 heterocycles. The fraction of sp³-hybridized carbons (Fsp3) is 0.941. The first kappa shape index (κ1) is 16.2. The number of hydrogen-bond acceptors (Lipinski definition) is 2. The Bertz CT molecular complexity index is 322. The number of hydrogen-bond donors (Lipinski definition) is 1. The molecule has 1 aliphatic carbocycles. The minimum atomic E-state index is 0.0235. The molecule has 3 heteroatoms. The number of thiocarbonyl (C=S) groups is 1. The van der Waals surface area contributed by atoms with E-state index >= 15 is 0 Å². The number of piperidine rings is 1. The first-order valence-electron chi connectivity index (χ1n) is 8.46. The van der Waals surface area contributed by atoms with E-state index in [9.17, 15) is 0 Å². The van der Waals surface area contributed by atoms with Crippen LogP contribution in [0, 0.1) is 10.8 Å². The molecular formula is C17H32N2S. The zero-order valence-corrected chi connectivity index (χ0v) is 14.2. The molecule has 0 aromatic rings. The first-order chi connectivity index (χ1) is 9.44. The van der Waals surface area contributed by atoms with Gasteiger partial charge in [0.25, 0.3) is 0 Å². The number of rotatable bonds is 5. The molecule has 1 saturated carbocycles. The predicted octanol–water partition coefficient (Wildman–Crippen LogP) is 4.13. The highest BCUT2D eigenvalue weighted by molar-refractivity contribution is 7.80. The predicted molar refractivity (Wildman–Crippen MR) is 91.0 cm³/mol. The molecule has 0 aromatic carbocycles. The summed E-state index contributed by atoms with van der Waals surface area (Å²) in [6.07, 6.45) is 12.6. The summed E-state index contributed by atoms with van der Waals surface area (Å²) in [6.45, 7) is 8.19. The Labute approximate surface area is 130 Å². The van der Waals surface area contributed by atoms with Crippen molar-refractivity contribution in [2.45, 2.75) is 71.6 Å². The largest absolute Gasteiger partial charge is 0.393 e. The quantitative estimate of drug-likeness (QED) is 0.774. The van der Waals surface area contributed by atoms with Gasteiger partial charge in [0.05, 0.1) is 4.99 Å². The van der Waals surface area contributed by atoms with Crippen LogP contribution in [0.4, 0.5) is 0 Å². The molecule has 1 saturated heterocycles. The van der Waals surface area contributed by atoms with Crippen LogP contribution >= 0.6 is 12.2 Å². The van der Waals surface area contributed by atoms with Gasteiger partial charge in [-0.2, -0.15) is 0 Å². The van der Waals surface area contributed by atoms with Crippen molar-refractivity contribution in [2.24, 2.45) is 16.6 Å². The summed E-state index contributed by atoms with van der Waals surface area (Å²) in [6, 6.07) is 0. The van der Waals surface area contributed by atoms with Crippen LogP contribution in [0.15, 0.2) is 0 Å². The van der Waals surface area contributed by atoms with Gasteiger partial charge < -0.3 is 10.6 Å². The molecule has 116 valence electrons. The van der Waals surface area contributed by atoms with Gasteiger partial charge in [-0.05, 0) is 63.6 Å². The molecule has 20 heavy (non-hydrogen) atoms. The molecule has 1 aliphatic heterocycles. The molecule has 2 nitrogen and oxygen atoms in total. The summed E-state index contributed by atoms with van der Waals surface area (Å²) in [7, 11) is 0. The molecule has 0 radical (unpaired) electrons. The van der Waals surface area contributed by atoms with Crippen molar-refractivity contribution in [3.63, 3.8) is 0 Å². The van der Waals surface area contributed by atoms with E-state index in [1.807, 2.05) is 0 Å². The van der Waals surface area contributed by atoms with Crippen LogP contribution in [0.5, 0.6) is 0 Å². The van der Waals surface area contributed by atoms with Gasteiger partial charge in [0, 0.05) is 5.41 Å². The van der Waals surface area contributed by atoms with Crippen molar-refractivity contribution in [2.75, 3.05) is 19.6 Å². The summed E-state index contributed by atoms with van der Waals surface area (Å²) in [4.78, 5) is 3.33. The first-order valence-corrected chi connectivity index (χ1v) is 8.87. The van der Waals surface area contributed by atoms with Gasteiger partial charge >= 0.3 is 0 Å². The fourth-order valence-corrected chi connectivity index (χ4v) is 4.02. The molecule has 2 aliphatic rings. The third-order valence-electron chi connectivity index (χ3n) is 5.77. The van der Waals surface area contributed by atoms with E-state index in [2.05, 4.69) is 18.7 Å². The van der Waals surface area contributed by atoms with Crippen LogP contribution in [0.1, 0.15) is 71.6 Å². The molecule has 2 N–H and O–H groups in total.